The van der Waals surface area contributed by atoms with Gasteiger partial charge >= 0.3 is 0 Å². The molecule has 23 heavy (non-hydrogen) atoms. The Bertz CT molecular complexity index is 418. The molecule has 2 unspecified atom stereocenters. The Morgan fingerprint density at radius 2 is 1.96 bits per heavy atom. The van der Waals surface area contributed by atoms with Gasteiger partial charge in [-0.3, -0.25) is 9.59 Å². The van der Waals surface area contributed by atoms with Crippen LogP contribution in [-0.2, 0) is 9.59 Å². The summed E-state index contributed by atoms with van der Waals surface area (Å²) in [4.78, 5) is 27.1. The van der Waals surface area contributed by atoms with Crippen molar-refractivity contribution in [3.05, 3.63) is 0 Å². The van der Waals surface area contributed by atoms with Gasteiger partial charge in [-0.2, -0.15) is 0 Å². The van der Waals surface area contributed by atoms with Crippen LogP contribution in [-0.4, -0.2) is 41.4 Å². The van der Waals surface area contributed by atoms with E-state index in [2.05, 4.69) is 12.2 Å². The standard InChI is InChI=1S/C18H33N3O2/c1-3-8-14(2)20-16(22)15-9-7-12-21(13-15)17(23)18(19)10-5-4-6-11-18/h14-15H,3-13,19H2,1-2H3,(H,20,22). The fourth-order valence-corrected chi connectivity index (χ4v) is 3.95. The number of piperidine rings is 1. The van der Waals surface area contributed by atoms with E-state index in [-0.39, 0.29) is 23.8 Å². The van der Waals surface area contributed by atoms with Crippen molar-refractivity contribution in [3.8, 4) is 0 Å². The molecule has 0 bridgehead atoms. The first-order valence-electron chi connectivity index (χ1n) is 9.35. The van der Waals surface area contributed by atoms with Crippen LogP contribution in [0.1, 0.15) is 71.6 Å². The Labute approximate surface area is 140 Å². The summed E-state index contributed by atoms with van der Waals surface area (Å²) in [6, 6.07) is 0.206. The van der Waals surface area contributed by atoms with Gasteiger partial charge in [0, 0.05) is 19.1 Å². The molecule has 3 N–H and O–H groups in total. The molecule has 2 atom stereocenters. The summed E-state index contributed by atoms with van der Waals surface area (Å²) in [5.41, 5.74) is 5.70. The monoisotopic (exact) mass is 323 g/mol. The summed E-state index contributed by atoms with van der Waals surface area (Å²) in [5, 5.41) is 3.09. The summed E-state index contributed by atoms with van der Waals surface area (Å²) < 4.78 is 0. The Hall–Kier alpha value is -1.10. The van der Waals surface area contributed by atoms with E-state index in [1.54, 1.807) is 0 Å². The molecule has 1 aliphatic carbocycles. The zero-order valence-electron chi connectivity index (χ0n) is 14.8. The number of nitrogens with zero attached hydrogens (tertiary/aromatic N) is 1. The van der Waals surface area contributed by atoms with Crippen molar-refractivity contribution in [2.45, 2.75) is 83.2 Å². The number of nitrogens with two attached hydrogens (primary N) is 1. The largest absolute Gasteiger partial charge is 0.353 e. The summed E-state index contributed by atoms with van der Waals surface area (Å²) in [7, 11) is 0. The molecule has 1 saturated carbocycles. The summed E-state index contributed by atoms with van der Waals surface area (Å²) in [5.74, 6) is 0.0775. The first kappa shape index (κ1) is 18.2. The normalized spacial score (nSPS) is 25.7. The van der Waals surface area contributed by atoms with Gasteiger partial charge in [-0.15, -0.1) is 0 Å². The van der Waals surface area contributed by atoms with E-state index in [0.29, 0.717) is 6.54 Å². The second-order valence-corrected chi connectivity index (χ2v) is 7.51. The lowest BCUT2D eigenvalue weighted by atomic mass is 9.81. The average molecular weight is 323 g/mol. The topological polar surface area (TPSA) is 75.4 Å². The van der Waals surface area contributed by atoms with Crippen molar-refractivity contribution < 1.29 is 9.59 Å². The van der Waals surface area contributed by atoms with Gasteiger partial charge in [-0.25, -0.2) is 0 Å². The van der Waals surface area contributed by atoms with E-state index >= 15 is 0 Å². The van der Waals surface area contributed by atoms with Gasteiger partial charge in [0.05, 0.1) is 11.5 Å². The predicted octanol–water partition coefficient (Wildman–Crippen LogP) is 2.19. The van der Waals surface area contributed by atoms with Crippen LogP contribution in [0.25, 0.3) is 0 Å². The highest BCUT2D eigenvalue weighted by Crippen LogP contribution is 2.29. The first-order valence-corrected chi connectivity index (χ1v) is 9.35. The smallest absolute Gasteiger partial charge is 0.242 e. The number of hydrogen-bond donors (Lipinski definition) is 2. The average Bonchev–Trinajstić information content (AvgIpc) is 2.55. The van der Waals surface area contributed by atoms with E-state index in [1.165, 1.54) is 6.42 Å². The number of amides is 2. The molecule has 2 aliphatic rings. The van der Waals surface area contributed by atoms with Crippen molar-refractivity contribution in [2.24, 2.45) is 11.7 Å². The zero-order valence-corrected chi connectivity index (χ0v) is 14.8. The van der Waals surface area contributed by atoms with Crippen molar-refractivity contribution in [1.82, 2.24) is 10.2 Å². The molecule has 0 aromatic heterocycles. The fraction of sp³-hybridized carbons (Fsp3) is 0.889. The summed E-state index contributed by atoms with van der Waals surface area (Å²) in [6.45, 7) is 5.44. The molecule has 5 heteroatoms. The van der Waals surface area contributed by atoms with Crippen LogP contribution in [0.5, 0.6) is 0 Å². The Morgan fingerprint density at radius 3 is 2.61 bits per heavy atom. The summed E-state index contributed by atoms with van der Waals surface area (Å²) >= 11 is 0. The van der Waals surface area contributed by atoms with Gasteiger partial charge in [-0.05, 0) is 39.0 Å². The van der Waals surface area contributed by atoms with E-state index in [9.17, 15) is 9.59 Å². The molecule has 2 amide bonds. The Morgan fingerprint density at radius 1 is 1.26 bits per heavy atom. The van der Waals surface area contributed by atoms with Crippen LogP contribution >= 0.6 is 0 Å². The number of nitrogens with one attached hydrogen (secondary N) is 1. The van der Waals surface area contributed by atoms with Crippen molar-refractivity contribution in [2.75, 3.05) is 13.1 Å². The van der Waals surface area contributed by atoms with E-state index in [1.807, 2.05) is 11.8 Å². The molecule has 0 aromatic carbocycles. The van der Waals surface area contributed by atoms with Crippen molar-refractivity contribution in [3.63, 3.8) is 0 Å². The molecule has 0 spiro atoms. The van der Waals surface area contributed by atoms with Crippen LogP contribution < -0.4 is 11.1 Å². The van der Waals surface area contributed by atoms with Gasteiger partial charge in [-0.1, -0.05) is 32.6 Å². The van der Waals surface area contributed by atoms with Crippen LogP contribution in [0.2, 0.25) is 0 Å². The van der Waals surface area contributed by atoms with Gasteiger partial charge in [0.2, 0.25) is 11.8 Å². The lowest BCUT2D eigenvalue weighted by Gasteiger charge is -2.40. The molecule has 2 fully saturated rings. The number of rotatable bonds is 5. The molecular formula is C18H33N3O2. The second kappa shape index (κ2) is 8.13. The number of hydrogen-bond acceptors (Lipinski definition) is 3. The molecule has 1 saturated heterocycles. The third-order valence-electron chi connectivity index (χ3n) is 5.36. The highest BCUT2D eigenvalue weighted by atomic mass is 16.2. The van der Waals surface area contributed by atoms with E-state index in [4.69, 9.17) is 5.73 Å². The van der Waals surface area contributed by atoms with E-state index in [0.717, 1.165) is 57.9 Å². The lowest BCUT2D eigenvalue weighted by molar-refractivity contribution is -0.141. The van der Waals surface area contributed by atoms with Crippen molar-refractivity contribution >= 4 is 11.8 Å². The minimum Gasteiger partial charge on any atom is -0.353 e. The molecule has 132 valence electrons. The third-order valence-corrected chi connectivity index (χ3v) is 5.36. The first-order chi connectivity index (χ1) is 11.0. The SMILES string of the molecule is CCCC(C)NC(=O)C1CCCN(C(=O)C2(N)CCCCC2)C1. The van der Waals surface area contributed by atoms with E-state index < -0.39 is 5.54 Å². The molecule has 0 aromatic rings. The van der Waals surface area contributed by atoms with Crippen LogP contribution in [0.15, 0.2) is 0 Å². The maximum absolute atomic E-state index is 12.8. The fourth-order valence-electron chi connectivity index (χ4n) is 3.95. The van der Waals surface area contributed by atoms with Crippen molar-refractivity contribution in [1.29, 1.82) is 0 Å². The summed E-state index contributed by atoms with van der Waals surface area (Å²) in [6.07, 6.45) is 8.63. The highest BCUT2D eigenvalue weighted by molar-refractivity contribution is 5.87. The Kier molecular flexibility index (Phi) is 6.45. The minimum atomic E-state index is -0.688. The molecule has 0 radical (unpaired) electrons. The second-order valence-electron chi connectivity index (χ2n) is 7.51. The number of likely N-dealkylation sites (tertiary alicyclic amines) is 1. The van der Waals surface area contributed by atoms with Crippen LogP contribution in [0, 0.1) is 5.92 Å². The highest BCUT2D eigenvalue weighted by Gasteiger charge is 2.40. The Balaban J connectivity index is 1.92. The zero-order chi connectivity index (χ0) is 16.9. The molecule has 5 nitrogen and oxygen atoms in total. The van der Waals surface area contributed by atoms with Gasteiger partial charge in [0.25, 0.3) is 0 Å². The lowest BCUT2D eigenvalue weighted by Crippen LogP contribution is -2.59. The quantitative estimate of drug-likeness (QED) is 0.814. The number of carbonyl (C=O) groups is 2. The maximum Gasteiger partial charge on any atom is 0.242 e. The molecule has 1 aliphatic heterocycles. The predicted molar refractivity (Wildman–Crippen MR) is 91.8 cm³/mol. The van der Waals surface area contributed by atoms with Gasteiger partial charge < -0.3 is 16.0 Å². The van der Waals surface area contributed by atoms with Crippen LogP contribution in [0.4, 0.5) is 0 Å². The minimum absolute atomic E-state index is 0.0660. The molecular weight excluding hydrogens is 290 g/mol. The molecule has 1 heterocycles. The van der Waals surface area contributed by atoms with Crippen LogP contribution in [0.3, 0.4) is 0 Å². The molecule has 2 rings (SSSR count). The van der Waals surface area contributed by atoms with Gasteiger partial charge in [0.15, 0.2) is 0 Å². The van der Waals surface area contributed by atoms with Gasteiger partial charge in [0.1, 0.15) is 0 Å². The maximum atomic E-state index is 12.8. The third kappa shape index (κ3) is 4.69. The number of carbonyl (C=O) groups excluding carboxylic acids is 2.